The molecule has 3 heterocycles. The van der Waals surface area contributed by atoms with Crippen molar-refractivity contribution in [3.63, 3.8) is 0 Å². The van der Waals surface area contributed by atoms with Gasteiger partial charge in [0.1, 0.15) is 18.4 Å². The lowest BCUT2D eigenvalue weighted by Gasteiger charge is -2.20. The van der Waals surface area contributed by atoms with Crippen LogP contribution in [0.5, 0.6) is 5.75 Å². The molecule has 1 aromatic heterocycles. The molecular formula is C21H21N5O2S. The van der Waals surface area contributed by atoms with Gasteiger partial charge in [-0.05, 0) is 23.8 Å². The number of rotatable bonds is 4. The van der Waals surface area contributed by atoms with Gasteiger partial charge in [-0.25, -0.2) is 4.09 Å². The predicted molar refractivity (Wildman–Crippen MR) is 112 cm³/mol. The summed E-state index contributed by atoms with van der Waals surface area (Å²) in [5, 5.41) is 8.00. The van der Waals surface area contributed by atoms with Gasteiger partial charge in [0.25, 0.3) is 0 Å². The Morgan fingerprint density at radius 1 is 1.21 bits per heavy atom. The van der Waals surface area contributed by atoms with E-state index in [0.717, 1.165) is 39.7 Å². The van der Waals surface area contributed by atoms with E-state index in [1.165, 1.54) is 11.9 Å². The number of ether oxygens (including phenoxy) is 1. The van der Waals surface area contributed by atoms with Crippen molar-refractivity contribution in [2.75, 3.05) is 18.5 Å². The minimum atomic E-state index is -0.646. The van der Waals surface area contributed by atoms with Gasteiger partial charge in [-0.1, -0.05) is 30.3 Å². The maximum Gasteiger partial charge on any atom is 0.244 e. The summed E-state index contributed by atoms with van der Waals surface area (Å²) in [6, 6.07) is 14.9. The Kier molecular flexibility index (Phi) is 4.65. The van der Waals surface area contributed by atoms with Crippen molar-refractivity contribution in [2.24, 2.45) is 5.73 Å². The lowest BCUT2D eigenvalue weighted by atomic mass is 10.1. The predicted octanol–water partition coefficient (Wildman–Crippen LogP) is 2.79. The number of carbonyl (C=O) groups excluding carboxylic acids is 1. The smallest absolute Gasteiger partial charge is 0.244 e. The first-order valence-corrected chi connectivity index (χ1v) is 10.3. The van der Waals surface area contributed by atoms with Crippen molar-refractivity contribution < 1.29 is 9.53 Å². The standard InChI is InChI=1S/C21H21N5O2S/c22-20(14-4-2-1-3-5-14)21(27)25-11-15-12-26(24-18(15)13-25)29-16-6-7-19-17(10-16)23-8-9-28-19/h1-7,10,12,20,23H,8-9,11,13,22H2. The number of amides is 1. The van der Waals surface area contributed by atoms with Crippen LogP contribution in [0.1, 0.15) is 22.9 Å². The Bertz CT molecular complexity index is 1030. The number of benzene rings is 2. The molecule has 0 bridgehead atoms. The van der Waals surface area contributed by atoms with Crippen LogP contribution in [0.15, 0.2) is 59.6 Å². The third-order valence-electron chi connectivity index (χ3n) is 5.12. The second-order valence-electron chi connectivity index (χ2n) is 7.11. The first kappa shape index (κ1) is 18.1. The number of nitrogens with one attached hydrogen (secondary N) is 1. The minimum absolute atomic E-state index is 0.0748. The first-order valence-electron chi connectivity index (χ1n) is 9.53. The number of nitrogens with two attached hydrogens (primary N) is 1. The molecule has 7 nitrogen and oxygen atoms in total. The lowest BCUT2D eigenvalue weighted by Crippen LogP contribution is -2.35. The highest BCUT2D eigenvalue weighted by Gasteiger charge is 2.30. The molecular weight excluding hydrogens is 386 g/mol. The van der Waals surface area contributed by atoms with Crippen LogP contribution in [-0.4, -0.2) is 33.1 Å². The summed E-state index contributed by atoms with van der Waals surface area (Å²) in [6.07, 6.45) is 1.99. The highest BCUT2D eigenvalue weighted by molar-refractivity contribution is 7.97. The fourth-order valence-electron chi connectivity index (χ4n) is 3.61. The monoisotopic (exact) mass is 407 g/mol. The van der Waals surface area contributed by atoms with Crippen molar-refractivity contribution in [2.45, 2.75) is 24.0 Å². The molecule has 1 unspecified atom stereocenters. The molecule has 2 aliphatic rings. The molecule has 3 N–H and O–H groups in total. The van der Waals surface area contributed by atoms with E-state index in [4.69, 9.17) is 10.5 Å². The van der Waals surface area contributed by atoms with E-state index in [-0.39, 0.29) is 5.91 Å². The average Bonchev–Trinajstić information content (AvgIpc) is 3.32. The van der Waals surface area contributed by atoms with Crippen molar-refractivity contribution in [1.29, 1.82) is 0 Å². The van der Waals surface area contributed by atoms with Crippen LogP contribution in [0.4, 0.5) is 5.69 Å². The molecule has 2 aromatic carbocycles. The topological polar surface area (TPSA) is 85.4 Å². The number of hydrogen-bond donors (Lipinski definition) is 2. The van der Waals surface area contributed by atoms with Gasteiger partial charge in [-0.3, -0.25) is 4.79 Å². The summed E-state index contributed by atoms with van der Waals surface area (Å²) in [4.78, 5) is 15.6. The molecule has 2 aliphatic heterocycles. The van der Waals surface area contributed by atoms with Crippen molar-refractivity contribution in [3.8, 4) is 5.75 Å². The molecule has 0 saturated heterocycles. The van der Waals surface area contributed by atoms with Crippen LogP contribution in [0.25, 0.3) is 0 Å². The van der Waals surface area contributed by atoms with Crippen molar-refractivity contribution in [3.05, 3.63) is 71.5 Å². The Balaban J connectivity index is 1.26. The number of carbonyl (C=O) groups is 1. The van der Waals surface area contributed by atoms with Crippen LogP contribution in [0, 0.1) is 0 Å². The van der Waals surface area contributed by atoms with E-state index >= 15 is 0 Å². The van der Waals surface area contributed by atoms with Crippen LogP contribution in [-0.2, 0) is 17.9 Å². The first-order chi connectivity index (χ1) is 14.2. The molecule has 5 rings (SSSR count). The highest BCUT2D eigenvalue weighted by Crippen LogP contribution is 2.33. The number of anilines is 1. The Hall–Kier alpha value is -2.97. The molecule has 0 fully saturated rings. The minimum Gasteiger partial charge on any atom is -0.490 e. The van der Waals surface area contributed by atoms with Gasteiger partial charge in [0.15, 0.2) is 0 Å². The van der Waals surface area contributed by atoms with Crippen LogP contribution in [0.2, 0.25) is 0 Å². The molecule has 148 valence electrons. The number of aromatic nitrogens is 2. The van der Waals surface area contributed by atoms with E-state index in [1.807, 2.05) is 52.7 Å². The fraction of sp³-hybridized carbons (Fsp3) is 0.238. The van der Waals surface area contributed by atoms with Gasteiger partial charge in [-0.2, -0.15) is 5.10 Å². The quantitative estimate of drug-likeness (QED) is 0.692. The van der Waals surface area contributed by atoms with E-state index in [2.05, 4.69) is 16.5 Å². The van der Waals surface area contributed by atoms with E-state index < -0.39 is 6.04 Å². The molecule has 0 spiro atoms. The van der Waals surface area contributed by atoms with Gasteiger partial charge in [0, 0.05) is 41.7 Å². The van der Waals surface area contributed by atoms with E-state index in [0.29, 0.717) is 19.7 Å². The zero-order valence-electron chi connectivity index (χ0n) is 15.7. The van der Waals surface area contributed by atoms with Gasteiger partial charge < -0.3 is 20.7 Å². The third kappa shape index (κ3) is 3.56. The summed E-state index contributed by atoms with van der Waals surface area (Å²) in [7, 11) is 0. The summed E-state index contributed by atoms with van der Waals surface area (Å²) in [6.45, 7) is 2.53. The van der Waals surface area contributed by atoms with E-state index in [1.54, 1.807) is 4.90 Å². The zero-order chi connectivity index (χ0) is 19.8. The Labute approximate surface area is 173 Å². The summed E-state index contributed by atoms with van der Waals surface area (Å²) in [5.74, 6) is 0.807. The summed E-state index contributed by atoms with van der Waals surface area (Å²) in [5.41, 5.74) is 9.99. The van der Waals surface area contributed by atoms with Gasteiger partial charge in [0.05, 0.1) is 17.9 Å². The van der Waals surface area contributed by atoms with Crippen molar-refractivity contribution in [1.82, 2.24) is 14.1 Å². The molecule has 8 heteroatoms. The normalized spacial score (nSPS) is 15.8. The lowest BCUT2D eigenvalue weighted by molar-refractivity contribution is -0.133. The molecule has 1 amide bonds. The maximum absolute atomic E-state index is 12.8. The summed E-state index contributed by atoms with van der Waals surface area (Å²) >= 11 is 1.54. The van der Waals surface area contributed by atoms with Gasteiger partial charge >= 0.3 is 0 Å². The Morgan fingerprint density at radius 2 is 2.07 bits per heavy atom. The number of hydrogen-bond acceptors (Lipinski definition) is 6. The zero-order valence-corrected chi connectivity index (χ0v) is 16.6. The fourth-order valence-corrected chi connectivity index (χ4v) is 4.45. The third-order valence-corrected chi connectivity index (χ3v) is 5.96. The summed E-state index contributed by atoms with van der Waals surface area (Å²) < 4.78 is 7.48. The molecule has 29 heavy (non-hydrogen) atoms. The molecule has 1 atom stereocenters. The van der Waals surface area contributed by atoms with Crippen LogP contribution < -0.4 is 15.8 Å². The van der Waals surface area contributed by atoms with Crippen LogP contribution >= 0.6 is 11.9 Å². The SMILES string of the molecule is NC(C(=O)N1Cc2cn(Sc3ccc4c(c3)NCCO4)nc2C1)c1ccccc1. The number of nitrogens with zero attached hydrogens (tertiary/aromatic N) is 3. The number of fused-ring (bicyclic) bond motifs is 2. The molecule has 0 aliphatic carbocycles. The van der Waals surface area contributed by atoms with E-state index in [9.17, 15) is 4.79 Å². The second-order valence-corrected chi connectivity index (χ2v) is 8.14. The molecule has 0 saturated carbocycles. The second kappa shape index (κ2) is 7.46. The highest BCUT2D eigenvalue weighted by atomic mass is 32.2. The molecule has 3 aromatic rings. The maximum atomic E-state index is 12.8. The molecule has 0 radical (unpaired) electrons. The average molecular weight is 407 g/mol. The largest absolute Gasteiger partial charge is 0.490 e. The van der Waals surface area contributed by atoms with Gasteiger partial charge in [0.2, 0.25) is 5.91 Å². The Morgan fingerprint density at radius 3 is 2.90 bits per heavy atom. The van der Waals surface area contributed by atoms with Crippen LogP contribution in [0.3, 0.4) is 0 Å². The van der Waals surface area contributed by atoms with Gasteiger partial charge in [-0.15, -0.1) is 0 Å². The van der Waals surface area contributed by atoms with Crippen molar-refractivity contribution >= 4 is 23.5 Å².